The number of aliphatic hydroxyl groups is 3. The summed E-state index contributed by atoms with van der Waals surface area (Å²) in [5.74, 6) is -0.307. The van der Waals surface area contributed by atoms with Crippen LogP contribution >= 0.6 is 12.4 Å². The van der Waals surface area contributed by atoms with Gasteiger partial charge in [-0.2, -0.15) is 0 Å². The van der Waals surface area contributed by atoms with Gasteiger partial charge in [-0.15, -0.1) is 17.5 Å². The van der Waals surface area contributed by atoms with E-state index in [2.05, 4.69) is 10.1 Å². The molecule has 0 spiro atoms. The third kappa shape index (κ3) is 2.44. The highest BCUT2D eigenvalue weighted by atomic mass is 35.5. The van der Waals surface area contributed by atoms with E-state index < -0.39 is 31.1 Å². The quantitative estimate of drug-likeness (QED) is 0.305. The lowest BCUT2D eigenvalue weighted by atomic mass is 10.1. The first-order chi connectivity index (χ1) is 8.04. The Hall–Kier alpha value is -1.26. The Labute approximate surface area is 108 Å². The number of hydrogen-bond acceptors (Lipinski definition) is 7. The highest BCUT2D eigenvalue weighted by Gasteiger charge is 2.43. The van der Waals surface area contributed by atoms with E-state index in [0.717, 1.165) is 4.68 Å². The highest BCUT2D eigenvalue weighted by molar-refractivity contribution is 5.90. The number of nitrogens with zero attached hydrogens (tertiary/aromatic N) is 3. The van der Waals surface area contributed by atoms with Gasteiger partial charge in [0.2, 0.25) is 5.82 Å². The van der Waals surface area contributed by atoms with E-state index in [-0.39, 0.29) is 24.1 Å². The molecule has 0 aliphatic carbocycles. The van der Waals surface area contributed by atoms with Crippen LogP contribution in [0.15, 0.2) is 6.33 Å². The number of nitrogens with two attached hydrogens (primary N) is 1. The summed E-state index contributed by atoms with van der Waals surface area (Å²) in [6.45, 7) is -0.414. The van der Waals surface area contributed by atoms with E-state index >= 15 is 0 Å². The molecule has 0 saturated carbocycles. The average molecular weight is 280 g/mol. The molecule has 18 heavy (non-hydrogen) atoms. The maximum Gasteiger partial charge on any atom is 0.215 e. The van der Waals surface area contributed by atoms with Gasteiger partial charge in [0.05, 0.1) is 6.61 Å². The molecule has 9 nitrogen and oxygen atoms in total. The number of aromatic nitrogens is 3. The molecule has 4 atom stereocenters. The van der Waals surface area contributed by atoms with Gasteiger partial charge in [0.15, 0.2) is 12.1 Å². The van der Waals surface area contributed by atoms with Crippen LogP contribution in [0, 0.1) is 5.41 Å². The van der Waals surface area contributed by atoms with E-state index in [9.17, 15) is 10.2 Å². The molecule has 10 heteroatoms. The first-order valence-electron chi connectivity index (χ1n) is 4.92. The summed E-state index contributed by atoms with van der Waals surface area (Å²) in [6.07, 6.45) is -3.02. The van der Waals surface area contributed by atoms with Crippen molar-refractivity contribution < 1.29 is 20.1 Å². The molecule has 2 heterocycles. The van der Waals surface area contributed by atoms with E-state index in [1.807, 2.05) is 0 Å². The number of ether oxygens (including phenoxy) is 1. The van der Waals surface area contributed by atoms with E-state index in [4.69, 9.17) is 21.0 Å². The minimum atomic E-state index is -1.23. The van der Waals surface area contributed by atoms with Crippen molar-refractivity contribution in [2.45, 2.75) is 24.5 Å². The summed E-state index contributed by atoms with van der Waals surface area (Å²) < 4.78 is 6.37. The molecule has 6 N–H and O–H groups in total. The van der Waals surface area contributed by atoms with Crippen molar-refractivity contribution in [3.63, 3.8) is 0 Å². The molecule has 1 aromatic heterocycles. The summed E-state index contributed by atoms with van der Waals surface area (Å²) in [5.41, 5.74) is 5.19. The summed E-state index contributed by atoms with van der Waals surface area (Å²) in [6, 6.07) is 0. The van der Waals surface area contributed by atoms with E-state index in [0.29, 0.717) is 0 Å². The maximum absolute atomic E-state index is 9.70. The lowest BCUT2D eigenvalue weighted by Gasteiger charge is -2.13. The Morgan fingerprint density at radius 2 is 2.17 bits per heavy atom. The third-order valence-corrected chi connectivity index (χ3v) is 2.53. The second kappa shape index (κ2) is 5.59. The summed E-state index contributed by atoms with van der Waals surface area (Å²) in [5, 5.41) is 39.1. The Bertz CT molecular complexity index is 427. The second-order valence-electron chi connectivity index (χ2n) is 3.69. The molecule has 1 fully saturated rings. The summed E-state index contributed by atoms with van der Waals surface area (Å²) >= 11 is 0. The Balaban J connectivity index is 0.00000162. The van der Waals surface area contributed by atoms with Crippen LogP contribution in [0.25, 0.3) is 0 Å². The number of amidine groups is 1. The van der Waals surface area contributed by atoms with Crippen molar-refractivity contribution in [1.29, 1.82) is 5.41 Å². The molecule has 0 radical (unpaired) electrons. The second-order valence-corrected chi connectivity index (χ2v) is 3.69. The molecular formula is C8H14ClN5O4. The fourth-order valence-electron chi connectivity index (χ4n) is 1.62. The molecule has 1 saturated heterocycles. The number of halogens is 1. The molecule has 0 amide bonds. The number of nitrogen functional groups attached to an aromatic ring is 1. The third-order valence-electron chi connectivity index (χ3n) is 2.53. The fourth-order valence-corrected chi connectivity index (χ4v) is 1.62. The van der Waals surface area contributed by atoms with Crippen LogP contribution < -0.4 is 5.73 Å². The SMILES string of the molecule is Cl.N=C(N)c1ncn([C@@H]2O[C@H](CO)C(O)[C@@H]2O)n1. The zero-order valence-corrected chi connectivity index (χ0v) is 9.99. The van der Waals surface area contributed by atoms with Gasteiger partial charge in [0, 0.05) is 0 Å². The summed E-state index contributed by atoms with van der Waals surface area (Å²) in [7, 11) is 0. The van der Waals surface area contributed by atoms with Crippen LogP contribution in [0.1, 0.15) is 12.1 Å². The standard InChI is InChI=1S/C8H13N5O4.ClH/c9-6(10)7-11-2-13(12-7)8-5(16)4(15)3(1-14)17-8;/h2-5,8,14-16H,1H2,(H3,9,10);1H/t3-,4?,5+,8-;/m1./s1. The largest absolute Gasteiger partial charge is 0.394 e. The molecule has 1 unspecified atom stereocenters. The normalized spacial score (nSPS) is 31.1. The number of aliphatic hydroxyl groups excluding tert-OH is 3. The zero-order chi connectivity index (χ0) is 12.6. The topological polar surface area (TPSA) is 150 Å². The van der Waals surface area contributed by atoms with Crippen molar-refractivity contribution in [1.82, 2.24) is 14.8 Å². The number of rotatable bonds is 3. The van der Waals surface area contributed by atoms with Crippen LogP contribution in [0.3, 0.4) is 0 Å². The maximum atomic E-state index is 9.70. The molecule has 1 aliphatic heterocycles. The van der Waals surface area contributed by atoms with Crippen molar-refractivity contribution in [3.8, 4) is 0 Å². The Kier molecular flexibility index (Phi) is 4.59. The molecule has 102 valence electrons. The monoisotopic (exact) mass is 279 g/mol. The van der Waals surface area contributed by atoms with Gasteiger partial charge in [0.25, 0.3) is 0 Å². The van der Waals surface area contributed by atoms with Gasteiger partial charge in [0.1, 0.15) is 24.6 Å². The molecular weight excluding hydrogens is 266 g/mol. The molecule has 0 aromatic carbocycles. The molecule has 1 aromatic rings. The Morgan fingerprint density at radius 3 is 2.61 bits per heavy atom. The van der Waals surface area contributed by atoms with Crippen LogP contribution in [0.4, 0.5) is 0 Å². The fraction of sp³-hybridized carbons (Fsp3) is 0.625. The zero-order valence-electron chi connectivity index (χ0n) is 9.17. The lowest BCUT2D eigenvalue weighted by Crippen LogP contribution is -2.33. The predicted molar refractivity (Wildman–Crippen MR) is 61.3 cm³/mol. The first kappa shape index (κ1) is 14.8. The minimum absolute atomic E-state index is 0. The first-order valence-corrected chi connectivity index (χ1v) is 4.92. The van der Waals surface area contributed by atoms with Crippen molar-refractivity contribution >= 4 is 18.2 Å². The van der Waals surface area contributed by atoms with Crippen LogP contribution in [0.2, 0.25) is 0 Å². The van der Waals surface area contributed by atoms with Gasteiger partial charge in [-0.3, -0.25) is 5.41 Å². The molecule has 2 rings (SSSR count). The van der Waals surface area contributed by atoms with Gasteiger partial charge in [-0.25, -0.2) is 9.67 Å². The number of hydrogen-bond donors (Lipinski definition) is 5. The van der Waals surface area contributed by atoms with Gasteiger partial charge in [-0.1, -0.05) is 0 Å². The van der Waals surface area contributed by atoms with Crippen LogP contribution in [-0.2, 0) is 4.74 Å². The number of nitrogens with one attached hydrogen (secondary N) is 1. The lowest BCUT2D eigenvalue weighted by molar-refractivity contribution is -0.0588. The van der Waals surface area contributed by atoms with Crippen LogP contribution in [-0.4, -0.2) is 60.8 Å². The van der Waals surface area contributed by atoms with Gasteiger partial charge in [-0.05, 0) is 0 Å². The molecule has 1 aliphatic rings. The van der Waals surface area contributed by atoms with Crippen molar-refractivity contribution in [3.05, 3.63) is 12.2 Å². The van der Waals surface area contributed by atoms with Gasteiger partial charge >= 0.3 is 0 Å². The summed E-state index contributed by atoms with van der Waals surface area (Å²) in [4.78, 5) is 3.74. The predicted octanol–water partition coefficient (Wildman–Crippen LogP) is -2.40. The van der Waals surface area contributed by atoms with E-state index in [1.54, 1.807) is 0 Å². The van der Waals surface area contributed by atoms with Crippen LogP contribution in [0.5, 0.6) is 0 Å². The Morgan fingerprint density at radius 1 is 1.50 bits per heavy atom. The van der Waals surface area contributed by atoms with Gasteiger partial charge < -0.3 is 25.8 Å². The van der Waals surface area contributed by atoms with Crippen molar-refractivity contribution in [2.24, 2.45) is 5.73 Å². The smallest absolute Gasteiger partial charge is 0.215 e. The average Bonchev–Trinajstić information content (AvgIpc) is 2.87. The highest BCUT2D eigenvalue weighted by Crippen LogP contribution is 2.28. The molecule has 0 bridgehead atoms. The van der Waals surface area contributed by atoms with E-state index in [1.165, 1.54) is 6.33 Å². The van der Waals surface area contributed by atoms with Crippen molar-refractivity contribution in [2.75, 3.05) is 6.61 Å². The minimum Gasteiger partial charge on any atom is -0.394 e.